The average Bonchev–Trinajstić information content (AvgIpc) is 2.65. The number of rotatable bonds is 2. The van der Waals surface area contributed by atoms with E-state index in [1.54, 1.807) is 0 Å². The van der Waals surface area contributed by atoms with Gasteiger partial charge in [0.15, 0.2) is 0 Å². The molecule has 1 unspecified atom stereocenters. The first-order valence-electron chi connectivity index (χ1n) is 7.85. The van der Waals surface area contributed by atoms with Gasteiger partial charge in [0.1, 0.15) is 0 Å². The van der Waals surface area contributed by atoms with Crippen molar-refractivity contribution in [2.45, 2.75) is 70.8 Å². The van der Waals surface area contributed by atoms with E-state index in [4.69, 9.17) is 0 Å². The van der Waals surface area contributed by atoms with Crippen LogP contribution in [0.4, 0.5) is 4.79 Å². The molecule has 3 heteroatoms. The zero-order valence-corrected chi connectivity index (χ0v) is 11.8. The van der Waals surface area contributed by atoms with Gasteiger partial charge in [0.25, 0.3) is 0 Å². The van der Waals surface area contributed by atoms with Crippen LogP contribution in [0, 0.1) is 5.92 Å². The van der Waals surface area contributed by atoms with Crippen molar-refractivity contribution in [1.29, 1.82) is 0 Å². The van der Waals surface area contributed by atoms with Gasteiger partial charge in [-0.05, 0) is 38.0 Å². The number of carbonyl (C=O) groups is 1. The van der Waals surface area contributed by atoms with Crippen LogP contribution < -0.4 is 5.32 Å². The molecular formula is C15H28N2O. The molecule has 3 nitrogen and oxygen atoms in total. The maximum atomic E-state index is 12.2. The van der Waals surface area contributed by atoms with E-state index < -0.39 is 0 Å². The number of hydrogen-bond donors (Lipinski definition) is 1. The van der Waals surface area contributed by atoms with Crippen LogP contribution in [0.2, 0.25) is 0 Å². The predicted molar refractivity (Wildman–Crippen MR) is 74.6 cm³/mol. The third-order valence-corrected chi connectivity index (χ3v) is 4.65. The molecule has 1 aliphatic heterocycles. The van der Waals surface area contributed by atoms with Gasteiger partial charge in [-0.25, -0.2) is 4.79 Å². The van der Waals surface area contributed by atoms with Gasteiger partial charge >= 0.3 is 6.03 Å². The van der Waals surface area contributed by atoms with Gasteiger partial charge in [0, 0.05) is 19.1 Å². The number of urea groups is 1. The van der Waals surface area contributed by atoms with Crippen LogP contribution in [0.5, 0.6) is 0 Å². The molecule has 104 valence electrons. The minimum absolute atomic E-state index is 0.193. The number of hydrogen-bond acceptors (Lipinski definition) is 1. The maximum absolute atomic E-state index is 12.2. The Bertz CT molecular complexity index is 261. The number of carbonyl (C=O) groups excluding carboxylic acids is 1. The van der Waals surface area contributed by atoms with E-state index in [0.717, 1.165) is 19.0 Å². The fraction of sp³-hybridized carbons (Fsp3) is 0.933. The molecule has 2 fully saturated rings. The molecule has 2 amide bonds. The Hall–Kier alpha value is -0.730. The molecule has 0 bridgehead atoms. The lowest BCUT2D eigenvalue weighted by Gasteiger charge is -2.27. The highest BCUT2D eigenvalue weighted by atomic mass is 16.2. The maximum Gasteiger partial charge on any atom is 0.317 e. The smallest absolute Gasteiger partial charge is 0.317 e. The van der Waals surface area contributed by atoms with Crippen LogP contribution in [0.25, 0.3) is 0 Å². The monoisotopic (exact) mass is 252 g/mol. The Balaban J connectivity index is 1.77. The van der Waals surface area contributed by atoms with Crippen molar-refractivity contribution >= 4 is 6.03 Å². The largest absolute Gasteiger partial charge is 0.335 e. The summed E-state index contributed by atoms with van der Waals surface area (Å²) in [6.07, 6.45) is 11.2. The summed E-state index contributed by atoms with van der Waals surface area (Å²) in [7, 11) is 0. The summed E-state index contributed by atoms with van der Waals surface area (Å²) in [4.78, 5) is 14.3. The lowest BCUT2D eigenvalue weighted by Crippen LogP contribution is -2.45. The second-order valence-corrected chi connectivity index (χ2v) is 5.98. The number of nitrogens with one attached hydrogen (secondary N) is 1. The van der Waals surface area contributed by atoms with Crippen molar-refractivity contribution < 1.29 is 4.79 Å². The van der Waals surface area contributed by atoms with Crippen LogP contribution >= 0.6 is 0 Å². The normalized spacial score (nSPS) is 26.7. The van der Waals surface area contributed by atoms with E-state index in [1.165, 1.54) is 57.8 Å². The summed E-state index contributed by atoms with van der Waals surface area (Å²) in [5, 5.41) is 3.24. The Labute approximate surface area is 111 Å². The Morgan fingerprint density at radius 3 is 2.56 bits per heavy atom. The zero-order chi connectivity index (χ0) is 12.8. The van der Waals surface area contributed by atoms with Gasteiger partial charge in [0.05, 0.1) is 0 Å². The first kappa shape index (κ1) is 13.7. The molecule has 0 spiro atoms. The zero-order valence-electron chi connectivity index (χ0n) is 11.8. The van der Waals surface area contributed by atoms with Crippen molar-refractivity contribution in [2.75, 3.05) is 13.1 Å². The van der Waals surface area contributed by atoms with Gasteiger partial charge in [-0.1, -0.05) is 32.6 Å². The lowest BCUT2D eigenvalue weighted by atomic mass is 9.96. The first-order valence-corrected chi connectivity index (χ1v) is 7.85. The van der Waals surface area contributed by atoms with Crippen molar-refractivity contribution in [3.05, 3.63) is 0 Å². The van der Waals surface area contributed by atoms with E-state index in [0.29, 0.717) is 6.04 Å². The second kappa shape index (κ2) is 7.01. The Morgan fingerprint density at radius 1 is 1.06 bits per heavy atom. The van der Waals surface area contributed by atoms with E-state index in [-0.39, 0.29) is 6.03 Å². The molecule has 1 saturated heterocycles. The predicted octanol–water partition coefficient (Wildman–Crippen LogP) is 3.54. The van der Waals surface area contributed by atoms with Crippen molar-refractivity contribution in [3.8, 4) is 0 Å². The highest BCUT2D eigenvalue weighted by Gasteiger charge is 2.22. The van der Waals surface area contributed by atoms with Crippen LogP contribution in [-0.2, 0) is 0 Å². The summed E-state index contributed by atoms with van der Waals surface area (Å²) in [5.74, 6) is 0.831. The van der Waals surface area contributed by atoms with Crippen molar-refractivity contribution in [1.82, 2.24) is 10.2 Å². The first-order chi connectivity index (χ1) is 8.79. The Morgan fingerprint density at radius 2 is 1.83 bits per heavy atom. The molecule has 0 aromatic carbocycles. The molecular weight excluding hydrogens is 224 g/mol. The summed E-state index contributed by atoms with van der Waals surface area (Å²) < 4.78 is 0. The topological polar surface area (TPSA) is 32.3 Å². The molecule has 0 radical (unpaired) electrons. The summed E-state index contributed by atoms with van der Waals surface area (Å²) in [5.41, 5.74) is 0. The van der Waals surface area contributed by atoms with Gasteiger partial charge < -0.3 is 10.2 Å². The summed E-state index contributed by atoms with van der Waals surface area (Å²) in [6.45, 7) is 4.18. The molecule has 0 aromatic rings. The van der Waals surface area contributed by atoms with Crippen LogP contribution in [-0.4, -0.2) is 30.1 Å². The standard InChI is InChI=1S/C15H28N2O/c1-2-13-7-6-11-17(12-10-13)15(18)16-14-8-4-3-5-9-14/h13-14H,2-12H2,1H3,(H,16,18). The second-order valence-electron chi connectivity index (χ2n) is 5.98. The molecule has 1 aliphatic carbocycles. The highest BCUT2D eigenvalue weighted by Crippen LogP contribution is 2.21. The van der Waals surface area contributed by atoms with Gasteiger partial charge in [-0.3, -0.25) is 0 Å². The van der Waals surface area contributed by atoms with Crippen molar-refractivity contribution in [2.24, 2.45) is 5.92 Å². The van der Waals surface area contributed by atoms with Gasteiger partial charge in [-0.15, -0.1) is 0 Å². The molecule has 2 aliphatic rings. The molecule has 1 saturated carbocycles. The van der Waals surface area contributed by atoms with E-state index in [9.17, 15) is 4.79 Å². The summed E-state index contributed by atoms with van der Waals surface area (Å²) >= 11 is 0. The number of likely N-dealkylation sites (tertiary alicyclic amines) is 1. The third-order valence-electron chi connectivity index (χ3n) is 4.65. The molecule has 1 atom stereocenters. The number of nitrogens with zero attached hydrogens (tertiary/aromatic N) is 1. The highest BCUT2D eigenvalue weighted by molar-refractivity contribution is 5.74. The van der Waals surface area contributed by atoms with E-state index in [2.05, 4.69) is 12.2 Å². The van der Waals surface area contributed by atoms with Gasteiger partial charge in [-0.2, -0.15) is 0 Å². The molecule has 0 aromatic heterocycles. The Kier molecular flexibility index (Phi) is 5.33. The SMILES string of the molecule is CCC1CCCN(C(=O)NC2CCCCC2)CC1. The summed E-state index contributed by atoms with van der Waals surface area (Å²) in [6, 6.07) is 0.634. The molecule has 1 N–H and O–H groups in total. The molecule has 1 heterocycles. The van der Waals surface area contributed by atoms with Crippen LogP contribution in [0.3, 0.4) is 0 Å². The number of amides is 2. The average molecular weight is 252 g/mol. The minimum Gasteiger partial charge on any atom is -0.335 e. The van der Waals surface area contributed by atoms with E-state index in [1.807, 2.05) is 4.90 Å². The molecule has 2 rings (SSSR count). The minimum atomic E-state index is 0.193. The van der Waals surface area contributed by atoms with Crippen molar-refractivity contribution in [3.63, 3.8) is 0 Å². The fourth-order valence-electron chi connectivity index (χ4n) is 3.29. The van der Waals surface area contributed by atoms with Crippen LogP contribution in [0.15, 0.2) is 0 Å². The molecule has 18 heavy (non-hydrogen) atoms. The quantitative estimate of drug-likeness (QED) is 0.801. The van der Waals surface area contributed by atoms with Crippen LogP contribution in [0.1, 0.15) is 64.7 Å². The lowest BCUT2D eigenvalue weighted by molar-refractivity contribution is 0.191. The third kappa shape index (κ3) is 3.89. The van der Waals surface area contributed by atoms with E-state index >= 15 is 0 Å². The fourth-order valence-corrected chi connectivity index (χ4v) is 3.29. The van der Waals surface area contributed by atoms with Gasteiger partial charge in [0.2, 0.25) is 0 Å².